The van der Waals surface area contributed by atoms with Crippen LogP contribution in [-0.4, -0.2) is 14.3 Å². The maximum absolute atomic E-state index is 12.0. The number of rotatable bonds is 3. The Morgan fingerprint density at radius 1 is 1.00 bits per heavy atom. The number of benzene rings is 2. The van der Waals surface area contributed by atoms with E-state index in [1.54, 1.807) is 18.2 Å². The van der Waals surface area contributed by atoms with Gasteiger partial charge >= 0.3 is 0 Å². The molecule has 0 spiro atoms. The van der Waals surface area contributed by atoms with Gasteiger partial charge in [0, 0.05) is 5.56 Å². The summed E-state index contributed by atoms with van der Waals surface area (Å²) >= 11 is 0. The maximum atomic E-state index is 12.0. The van der Waals surface area contributed by atoms with Gasteiger partial charge in [-0.05, 0) is 36.4 Å². The van der Waals surface area contributed by atoms with E-state index in [0.29, 0.717) is 5.56 Å². The van der Waals surface area contributed by atoms with Crippen molar-refractivity contribution in [2.75, 3.05) is 0 Å². The van der Waals surface area contributed by atoms with E-state index in [4.69, 9.17) is 5.26 Å². The molecule has 0 aliphatic heterocycles. The fraction of sp³-hybridized carbons (Fsp3) is 0. The quantitative estimate of drug-likeness (QED) is 0.929. The van der Waals surface area contributed by atoms with Gasteiger partial charge in [-0.1, -0.05) is 18.2 Å². The number of nitriles is 1. The molecule has 0 atom stereocenters. The molecular weight excluding hydrogens is 276 g/mol. The molecule has 0 saturated heterocycles. The minimum Gasteiger partial charge on any atom is -0.268 e. The van der Waals surface area contributed by atoms with Crippen molar-refractivity contribution in [1.82, 2.24) is 4.72 Å². The zero-order valence-corrected chi connectivity index (χ0v) is 11.1. The molecule has 100 valence electrons. The summed E-state index contributed by atoms with van der Waals surface area (Å²) in [6.07, 6.45) is 0. The Kier molecular flexibility index (Phi) is 3.82. The summed E-state index contributed by atoms with van der Waals surface area (Å²) in [7, 11) is -3.94. The van der Waals surface area contributed by atoms with Gasteiger partial charge in [-0.3, -0.25) is 4.79 Å². The Hall–Kier alpha value is -2.65. The number of sulfonamides is 1. The number of hydrogen-bond donors (Lipinski definition) is 1. The minimum absolute atomic E-state index is 0.0687. The summed E-state index contributed by atoms with van der Waals surface area (Å²) in [5.74, 6) is -0.699. The maximum Gasteiger partial charge on any atom is 0.264 e. The predicted molar refractivity (Wildman–Crippen MR) is 72.3 cm³/mol. The third-order valence-electron chi connectivity index (χ3n) is 2.56. The average molecular weight is 286 g/mol. The van der Waals surface area contributed by atoms with Crippen LogP contribution in [0.4, 0.5) is 0 Å². The zero-order valence-electron chi connectivity index (χ0n) is 10.3. The number of carbonyl (C=O) groups excluding carboxylic acids is 1. The van der Waals surface area contributed by atoms with E-state index in [0.717, 1.165) is 0 Å². The Morgan fingerprint density at radius 2 is 1.60 bits per heavy atom. The lowest BCUT2D eigenvalue weighted by atomic mass is 10.2. The van der Waals surface area contributed by atoms with Gasteiger partial charge in [0.2, 0.25) is 0 Å². The van der Waals surface area contributed by atoms with Crippen molar-refractivity contribution in [2.45, 2.75) is 4.90 Å². The monoisotopic (exact) mass is 286 g/mol. The number of hydrogen-bond acceptors (Lipinski definition) is 4. The highest BCUT2D eigenvalue weighted by molar-refractivity contribution is 7.90. The van der Waals surface area contributed by atoms with Crippen molar-refractivity contribution >= 4 is 15.9 Å². The topological polar surface area (TPSA) is 87.0 Å². The summed E-state index contributed by atoms with van der Waals surface area (Å²) in [4.78, 5) is 11.7. The lowest BCUT2D eigenvalue weighted by molar-refractivity contribution is 0.0981. The van der Waals surface area contributed by atoms with Crippen LogP contribution in [0, 0.1) is 11.3 Å². The number of nitrogens with one attached hydrogen (secondary N) is 1. The second-order valence-electron chi connectivity index (χ2n) is 3.94. The van der Waals surface area contributed by atoms with Crippen LogP contribution in [0.1, 0.15) is 15.9 Å². The van der Waals surface area contributed by atoms with E-state index in [9.17, 15) is 13.2 Å². The molecule has 6 heteroatoms. The lowest BCUT2D eigenvalue weighted by Gasteiger charge is -2.06. The third-order valence-corrected chi connectivity index (χ3v) is 3.90. The standard InChI is InChI=1S/C14H10N2O3S/c15-10-11-6-8-13(9-7-11)20(18,19)16-14(17)12-4-2-1-3-5-12/h1-9H,(H,16,17). The molecule has 0 aliphatic carbocycles. The Labute approximate surface area is 116 Å². The van der Waals surface area contributed by atoms with Crippen LogP contribution < -0.4 is 4.72 Å². The summed E-state index contributed by atoms with van der Waals surface area (Å²) in [5.41, 5.74) is 0.600. The molecule has 0 aromatic heterocycles. The smallest absolute Gasteiger partial charge is 0.264 e. The second-order valence-corrected chi connectivity index (χ2v) is 5.62. The molecule has 2 aromatic carbocycles. The highest BCUT2D eigenvalue weighted by Gasteiger charge is 2.18. The van der Waals surface area contributed by atoms with Crippen molar-refractivity contribution < 1.29 is 13.2 Å². The molecule has 1 N–H and O–H groups in total. The van der Waals surface area contributed by atoms with Gasteiger partial charge < -0.3 is 0 Å². The van der Waals surface area contributed by atoms with E-state index in [-0.39, 0.29) is 10.5 Å². The van der Waals surface area contributed by atoms with Crippen LogP contribution in [0.2, 0.25) is 0 Å². The van der Waals surface area contributed by atoms with Crippen molar-refractivity contribution in [2.24, 2.45) is 0 Å². The Bertz CT molecular complexity index is 760. The molecule has 2 rings (SSSR count). The van der Waals surface area contributed by atoms with Crippen molar-refractivity contribution in [1.29, 1.82) is 5.26 Å². The first-order valence-corrected chi connectivity index (χ1v) is 7.13. The van der Waals surface area contributed by atoms with Crippen molar-refractivity contribution in [3.05, 3.63) is 65.7 Å². The van der Waals surface area contributed by atoms with Gasteiger partial charge in [0.15, 0.2) is 0 Å². The van der Waals surface area contributed by atoms with Gasteiger partial charge in [-0.2, -0.15) is 5.26 Å². The molecule has 2 aromatic rings. The van der Waals surface area contributed by atoms with E-state index in [1.807, 2.05) is 10.8 Å². The number of carbonyl (C=O) groups is 1. The van der Waals surface area contributed by atoms with Crippen LogP contribution in [0.5, 0.6) is 0 Å². The normalized spacial score (nSPS) is 10.6. The van der Waals surface area contributed by atoms with E-state index < -0.39 is 15.9 Å². The van der Waals surface area contributed by atoms with Gasteiger partial charge in [0.1, 0.15) is 0 Å². The highest BCUT2D eigenvalue weighted by atomic mass is 32.2. The first-order chi connectivity index (χ1) is 9.53. The van der Waals surface area contributed by atoms with Crippen LogP contribution in [-0.2, 0) is 10.0 Å². The Balaban J connectivity index is 2.23. The van der Waals surface area contributed by atoms with Gasteiger partial charge in [-0.25, -0.2) is 13.1 Å². The molecular formula is C14H10N2O3S. The molecule has 0 heterocycles. The SMILES string of the molecule is N#Cc1ccc(S(=O)(=O)NC(=O)c2ccccc2)cc1. The van der Waals surface area contributed by atoms with Crippen LogP contribution in [0.15, 0.2) is 59.5 Å². The third kappa shape index (κ3) is 3.02. The second kappa shape index (κ2) is 5.55. The fourth-order valence-corrected chi connectivity index (χ4v) is 2.51. The summed E-state index contributed by atoms with van der Waals surface area (Å²) in [6.45, 7) is 0. The van der Waals surface area contributed by atoms with Gasteiger partial charge in [0.05, 0.1) is 16.5 Å². The first kappa shape index (κ1) is 13.8. The first-order valence-electron chi connectivity index (χ1n) is 5.65. The molecule has 5 nitrogen and oxygen atoms in total. The molecule has 0 radical (unpaired) electrons. The molecule has 0 saturated carbocycles. The van der Waals surface area contributed by atoms with Gasteiger partial charge in [-0.15, -0.1) is 0 Å². The number of nitrogens with zero attached hydrogens (tertiary/aromatic N) is 1. The summed E-state index contributed by atoms with van der Waals surface area (Å²) < 4.78 is 26.0. The fourth-order valence-electron chi connectivity index (χ4n) is 1.54. The van der Waals surface area contributed by atoms with E-state index >= 15 is 0 Å². The molecule has 0 aliphatic rings. The molecule has 20 heavy (non-hydrogen) atoms. The lowest BCUT2D eigenvalue weighted by Crippen LogP contribution is -2.30. The Morgan fingerprint density at radius 3 is 2.15 bits per heavy atom. The summed E-state index contributed by atoms with van der Waals surface area (Å²) in [5, 5.41) is 8.66. The molecule has 0 unspecified atom stereocenters. The molecule has 0 fully saturated rings. The predicted octanol–water partition coefficient (Wildman–Crippen LogP) is 1.68. The highest BCUT2D eigenvalue weighted by Crippen LogP contribution is 2.11. The van der Waals surface area contributed by atoms with Gasteiger partial charge in [0.25, 0.3) is 15.9 Å². The van der Waals surface area contributed by atoms with Crippen LogP contribution in [0.25, 0.3) is 0 Å². The van der Waals surface area contributed by atoms with Crippen LogP contribution in [0.3, 0.4) is 0 Å². The van der Waals surface area contributed by atoms with Crippen molar-refractivity contribution in [3.63, 3.8) is 0 Å². The minimum atomic E-state index is -3.94. The largest absolute Gasteiger partial charge is 0.268 e. The average Bonchev–Trinajstić information content (AvgIpc) is 2.48. The van der Waals surface area contributed by atoms with Crippen LogP contribution >= 0.6 is 0 Å². The van der Waals surface area contributed by atoms with E-state index in [2.05, 4.69) is 0 Å². The summed E-state index contributed by atoms with van der Waals surface area (Å²) in [6, 6.07) is 15.2. The number of amides is 1. The van der Waals surface area contributed by atoms with E-state index in [1.165, 1.54) is 36.4 Å². The molecule has 0 bridgehead atoms. The zero-order chi connectivity index (χ0) is 14.6. The van der Waals surface area contributed by atoms with Crippen molar-refractivity contribution in [3.8, 4) is 6.07 Å². The molecule has 1 amide bonds.